The van der Waals surface area contributed by atoms with Gasteiger partial charge in [0.05, 0.1) is 11.0 Å². The largest absolute Gasteiger partial charge is 0.325 e. The van der Waals surface area contributed by atoms with Crippen LogP contribution < -0.4 is 5.32 Å². The molecule has 1 saturated carbocycles. The van der Waals surface area contributed by atoms with Crippen molar-refractivity contribution in [2.45, 2.75) is 64.5 Å². The minimum atomic E-state index is 0. The molecule has 3 nitrogen and oxygen atoms in total. The van der Waals surface area contributed by atoms with E-state index in [1.54, 1.807) is 5.56 Å². The number of imidazole rings is 1. The van der Waals surface area contributed by atoms with Crippen LogP contribution in [0.4, 0.5) is 0 Å². The summed E-state index contributed by atoms with van der Waals surface area (Å²) in [5.74, 6) is 1.91. The second-order valence-electron chi connectivity index (χ2n) is 9.12. The van der Waals surface area contributed by atoms with Crippen molar-refractivity contribution in [3.63, 3.8) is 0 Å². The fourth-order valence-corrected chi connectivity index (χ4v) is 5.89. The van der Waals surface area contributed by atoms with E-state index in [0.717, 1.165) is 23.8 Å². The third kappa shape index (κ3) is 4.32. The SMILES string of the molecule is Cc1ccc2c(c1)nc(C)n2[C@H]1CC[C@@H](NC[C@H]2Cc3ccc(Br)cc3C2)CC1.Cl. The Bertz CT molecular complexity index is 1040. The molecule has 0 spiro atoms. The normalized spacial score (nSPS) is 23.4. The van der Waals surface area contributed by atoms with Crippen molar-refractivity contribution in [3.8, 4) is 0 Å². The van der Waals surface area contributed by atoms with Gasteiger partial charge >= 0.3 is 0 Å². The number of hydrogen-bond donors (Lipinski definition) is 1. The molecule has 160 valence electrons. The number of aryl methyl sites for hydroxylation is 2. The Hall–Kier alpha value is -1.36. The number of nitrogens with zero attached hydrogens (tertiary/aromatic N) is 2. The van der Waals surface area contributed by atoms with Crippen molar-refractivity contribution in [2.24, 2.45) is 5.92 Å². The lowest BCUT2D eigenvalue weighted by molar-refractivity contribution is 0.283. The van der Waals surface area contributed by atoms with Gasteiger partial charge in [0.15, 0.2) is 0 Å². The fraction of sp³-hybridized carbons (Fsp3) is 0.480. The number of hydrogen-bond acceptors (Lipinski definition) is 2. The Morgan fingerprint density at radius 2 is 1.77 bits per heavy atom. The third-order valence-electron chi connectivity index (χ3n) is 6.96. The molecule has 0 aliphatic heterocycles. The zero-order valence-corrected chi connectivity index (χ0v) is 20.2. The lowest BCUT2D eigenvalue weighted by Crippen LogP contribution is -2.37. The molecule has 1 aromatic heterocycles. The van der Waals surface area contributed by atoms with Gasteiger partial charge < -0.3 is 9.88 Å². The zero-order chi connectivity index (χ0) is 20.0. The van der Waals surface area contributed by atoms with E-state index in [2.05, 4.69) is 76.1 Å². The molecule has 1 atom stereocenters. The van der Waals surface area contributed by atoms with Crippen molar-refractivity contribution in [3.05, 3.63) is 63.4 Å². The first-order valence-corrected chi connectivity index (χ1v) is 11.8. The van der Waals surface area contributed by atoms with Crippen LogP contribution in [0.1, 0.15) is 54.2 Å². The fourth-order valence-electron chi connectivity index (χ4n) is 5.48. The maximum Gasteiger partial charge on any atom is 0.106 e. The molecule has 1 N–H and O–H groups in total. The highest BCUT2D eigenvalue weighted by Crippen LogP contribution is 2.34. The molecular formula is C25H31BrClN3. The average Bonchev–Trinajstić information content (AvgIpc) is 3.25. The maximum absolute atomic E-state index is 4.83. The van der Waals surface area contributed by atoms with Crippen molar-refractivity contribution in [1.82, 2.24) is 14.9 Å². The molecule has 30 heavy (non-hydrogen) atoms. The van der Waals surface area contributed by atoms with Crippen molar-refractivity contribution in [1.29, 1.82) is 0 Å². The van der Waals surface area contributed by atoms with Gasteiger partial charge in [-0.2, -0.15) is 0 Å². The first-order valence-electron chi connectivity index (χ1n) is 11.0. The Morgan fingerprint density at radius 1 is 1.00 bits per heavy atom. The number of fused-ring (bicyclic) bond motifs is 2. The van der Waals surface area contributed by atoms with E-state index in [1.807, 2.05) is 0 Å². The Balaban J connectivity index is 0.00000218. The van der Waals surface area contributed by atoms with Gasteiger partial charge in [-0.1, -0.05) is 28.1 Å². The summed E-state index contributed by atoms with van der Waals surface area (Å²) in [4.78, 5) is 4.83. The molecule has 3 aromatic rings. The summed E-state index contributed by atoms with van der Waals surface area (Å²) >= 11 is 3.61. The van der Waals surface area contributed by atoms with Gasteiger partial charge in [0, 0.05) is 16.6 Å². The first-order chi connectivity index (χ1) is 14.1. The van der Waals surface area contributed by atoms with Gasteiger partial charge in [0.2, 0.25) is 0 Å². The summed E-state index contributed by atoms with van der Waals surface area (Å²) in [5.41, 5.74) is 6.82. The van der Waals surface area contributed by atoms with Crippen LogP contribution in [-0.4, -0.2) is 22.1 Å². The predicted molar refractivity (Wildman–Crippen MR) is 131 cm³/mol. The second-order valence-corrected chi connectivity index (χ2v) is 10.0. The smallest absolute Gasteiger partial charge is 0.106 e. The highest BCUT2D eigenvalue weighted by atomic mass is 79.9. The van der Waals surface area contributed by atoms with E-state index < -0.39 is 0 Å². The minimum Gasteiger partial charge on any atom is -0.325 e. The summed E-state index contributed by atoms with van der Waals surface area (Å²) in [7, 11) is 0. The molecule has 5 rings (SSSR count). The number of benzene rings is 2. The Morgan fingerprint density at radius 3 is 2.57 bits per heavy atom. The van der Waals surface area contributed by atoms with Crippen LogP contribution in [0.5, 0.6) is 0 Å². The van der Waals surface area contributed by atoms with Crippen LogP contribution in [0.25, 0.3) is 11.0 Å². The number of aromatic nitrogens is 2. The average molecular weight is 489 g/mol. The van der Waals surface area contributed by atoms with Crippen LogP contribution in [0.2, 0.25) is 0 Å². The molecule has 5 heteroatoms. The van der Waals surface area contributed by atoms with Crippen molar-refractivity contribution < 1.29 is 0 Å². The first kappa shape index (κ1) is 21.9. The molecule has 2 aromatic carbocycles. The third-order valence-corrected chi connectivity index (χ3v) is 7.46. The highest BCUT2D eigenvalue weighted by Gasteiger charge is 2.26. The van der Waals surface area contributed by atoms with Crippen LogP contribution in [0, 0.1) is 19.8 Å². The molecule has 0 unspecified atom stereocenters. The van der Waals surface area contributed by atoms with E-state index in [1.165, 1.54) is 59.6 Å². The summed E-state index contributed by atoms with van der Waals surface area (Å²) in [5, 5.41) is 3.90. The standard InChI is InChI=1S/C25H30BrN3.ClH/c1-16-3-10-25-24(11-16)28-17(2)29(25)23-8-6-22(7-9-23)27-15-18-12-19-4-5-21(26)14-20(19)13-18;/h3-5,10-11,14,18,22-23,27H,6-9,12-13,15H2,1-2H3;1H/t18-,22-,23+;/m0./s1. The van der Waals surface area contributed by atoms with E-state index in [-0.39, 0.29) is 12.4 Å². The lowest BCUT2D eigenvalue weighted by atomic mass is 9.90. The molecule has 0 bridgehead atoms. The van der Waals surface area contributed by atoms with Gasteiger partial charge in [0.25, 0.3) is 0 Å². The predicted octanol–water partition coefficient (Wildman–Crippen LogP) is 6.33. The number of nitrogens with one attached hydrogen (secondary N) is 1. The van der Waals surface area contributed by atoms with Gasteiger partial charge in [-0.3, -0.25) is 0 Å². The van der Waals surface area contributed by atoms with Gasteiger partial charge in [-0.15, -0.1) is 12.4 Å². The Kier molecular flexibility index (Phi) is 6.57. The molecule has 0 radical (unpaired) electrons. The van der Waals surface area contributed by atoms with E-state index in [9.17, 15) is 0 Å². The molecule has 2 aliphatic rings. The van der Waals surface area contributed by atoms with E-state index in [4.69, 9.17) is 4.98 Å². The summed E-state index contributed by atoms with van der Waals surface area (Å²) in [6.07, 6.45) is 7.47. The zero-order valence-electron chi connectivity index (χ0n) is 17.8. The highest BCUT2D eigenvalue weighted by molar-refractivity contribution is 9.10. The van der Waals surface area contributed by atoms with Gasteiger partial charge in [0.1, 0.15) is 5.82 Å². The van der Waals surface area contributed by atoms with E-state index in [0.29, 0.717) is 12.1 Å². The second kappa shape index (κ2) is 9.02. The van der Waals surface area contributed by atoms with Crippen molar-refractivity contribution in [2.75, 3.05) is 6.54 Å². The quantitative estimate of drug-likeness (QED) is 0.465. The summed E-state index contributed by atoms with van der Waals surface area (Å²) in [6, 6.07) is 14.7. The van der Waals surface area contributed by atoms with Crippen LogP contribution in [0.15, 0.2) is 40.9 Å². The number of rotatable bonds is 4. The van der Waals surface area contributed by atoms with Crippen molar-refractivity contribution >= 4 is 39.4 Å². The van der Waals surface area contributed by atoms with E-state index >= 15 is 0 Å². The van der Waals surface area contributed by atoms with Crippen LogP contribution in [0.3, 0.4) is 0 Å². The van der Waals surface area contributed by atoms with Crippen LogP contribution in [-0.2, 0) is 12.8 Å². The molecule has 1 heterocycles. The lowest BCUT2D eigenvalue weighted by Gasteiger charge is -2.31. The number of halogens is 2. The van der Waals surface area contributed by atoms with Gasteiger partial charge in [-0.25, -0.2) is 4.98 Å². The molecule has 0 saturated heterocycles. The molecule has 0 amide bonds. The maximum atomic E-state index is 4.83. The molecular weight excluding hydrogens is 458 g/mol. The Labute approximate surface area is 194 Å². The summed E-state index contributed by atoms with van der Waals surface area (Å²) < 4.78 is 3.71. The molecule has 1 fully saturated rings. The summed E-state index contributed by atoms with van der Waals surface area (Å²) in [6.45, 7) is 5.45. The van der Waals surface area contributed by atoms with Crippen LogP contribution >= 0.6 is 28.3 Å². The molecule has 2 aliphatic carbocycles. The topological polar surface area (TPSA) is 29.9 Å². The minimum absolute atomic E-state index is 0. The monoisotopic (exact) mass is 487 g/mol. The van der Waals surface area contributed by atoms with Gasteiger partial charge in [-0.05, 0) is 106 Å².